The summed E-state index contributed by atoms with van der Waals surface area (Å²) in [6.07, 6.45) is 1.66. The Bertz CT molecular complexity index is 821. The average Bonchev–Trinajstić information content (AvgIpc) is 3.14. The van der Waals surface area contributed by atoms with Gasteiger partial charge in [0.2, 0.25) is 0 Å². The van der Waals surface area contributed by atoms with E-state index >= 15 is 0 Å². The lowest BCUT2D eigenvalue weighted by Crippen LogP contribution is -2.24. The van der Waals surface area contributed by atoms with Gasteiger partial charge in [0, 0.05) is 10.7 Å². The molecule has 3 aromatic rings. The highest BCUT2D eigenvalue weighted by Gasteiger charge is 2.19. The molecule has 1 amide bonds. The number of hydrogen-bond donors (Lipinski definition) is 2. The first-order chi connectivity index (χ1) is 11.1. The molecule has 0 atom stereocenters. The van der Waals surface area contributed by atoms with Gasteiger partial charge in [-0.05, 0) is 44.2 Å². The molecule has 0 spiro atoms. The second kappa shape index (κ2) is 6.37. The molecule has 2 heterocycles. The molecule has 3 rings (SSSR count). The van der Waals surface area contributed by atoms with Gasteiger partial charge in [0.15, 0.2) is 0 Å². The van der Waals surface area contributed by atoms with Gasteiger partial charge in [0.1, 0.15) is 0 Å². The molecule has 0 bridgehead atoms. The van der Waals surface area contributed by atoms with Crippen LogP contribution in [0.2, 0.25) is 0 Å². The van der Waals surface area contributed by atoms with Gasteiger partial charge in [-0.2, -0.15) is 10.2 Å². The van der Waals surface area contributed by atoms with E-state index in [4.69, 9.17) is 0 Å². The van der Waals surface area contributed by atoms with Gasteiger partial charge in [-0.25, -0.2) is 4.68 Å². The molecule has 0 aliphatic heterocycles. The van der Waals surface area contributed by atoms with E-state index in [-0.39, 0.29) is 5.91 Å². The highest BCUT2D eigenvalue weighted by molar-refractivity contribution is 9.10. The first-order valence-corrected chi connectivity index (χ1v) is 7.94. The molecule has 23 heavy (non-hydrogen) atoms. The predicted molar refractivity (Wildman–Crippen MR) is 90.5 cm³/mol. The standard InChI is InChI=1S/C16H16BrN5O/c1-10-15(16(23)18-9-13-7-8-19-20-13)11(2)22(21-10)14-5-3-12(17)4-6-14/h3-8H,9H2,1-2H3,(H,18,23)(H,19,20). The van der Waals surface area contributed by atoms with Crippen LogP contribution < -0.4 is 5.32 Å². The molecule has 0 fully saturated rings. The molecular weight excluding hydrogens is 358 g/mol. The third kappa shape index (κ3) is 3.19. The predicted octanol–water partition coefficient (Wildman–Crippen LogP) is 2.90. The highest BCUT2D eigenvalue weighted by atomic mass is 79.9. The quantitative estimate of drug-likeness (QED) is 0.737. The number of halogens is 1. The molecular formula is C16H16BrN5O. The van der Waals surface area contributed by atoms with E-state index in [0.717, 1.165) is 21.5 Å². The average molecular weight is 374 g/mol. The number of carbonyl (C=O) groups is 1. The fraction of sp³-hybridized carbons (Fsp3) is 0.188. The number of aromatic amines is 1. The number of benzene rings is 1. The van der Waals surface area contributed by atoms with Crippen molar-refractivity contribution >= 4 is 21.8 Å². The summed E-state index contributed by atoms with van der Waals surface area (Å²) in [7, 11) is 0. The summed E-state index contributed by atoms with van der Waals surface area (Å²) in [6, 6.07) is 9.63. The monoisotopic (exact) mass is 373 g/mol. The topological polar surface area (TPSA) is 75.6 Å². The van der Waals surface area contributed by atoms with Gasteiger partial charge in [-0.3, -0.25) is 9.89 Å². The minimum absolute atomic E-state index is 0.141. The third-order valence-corrected chi connectivity index (χ3v) is 4.12. The number of nitrogens with zero attached hydrogens (tertiary/aromatic N) is 3. The van der Waals surface area contributed by atoms with Crippen molar-refractivity contribution in [2.75, 3.05) is 0 Å². The van der Waals surface area contributed by atoms with Gasteiger partial charge in [0.25, 0.3) is 5.91 Å². The second-order valence-electron chi connectivity index (χ2n) is 5.20. The minimum atomic E-state index is -0.141. The first-order valence-electron chi connectivity index (χ1n) is 7.15. The van der Waals surface area contributed by atoms with Crippen LogP contribution in [0.15, 0.2) is 41.0 Å². The lowest BCUT2D eigenvalue weighted by atomic mass is 10.2. The van der Waals surface area contributed by atoms with Crippen molar-refractivity contribution in [2.24, 2.45) is 0 Å². The number of aryl methyl sites for hydroxylation is 1. The van der Waals surface area contributed by atoms with Crippen molar-refractivity contribution < 1.29 is 4.79 Å². The molecule has 2 N–H and O–H groups in total. The smallest absolute Gasteiger partial charge is 0.255 e. The van der Waals surface area contributed by atoms with E-state index in [0.29, 0.717) is 17.8 Å². The van der Waals surface area contributed by atoms with Gasteiger partial charge < -0.3 is 5.32 Å². The zero-order valence-corrected chi connectivity index (χ0v) is 14.4. The summed E-state index contributed by atoms with van der Waals surface area (Å²) >= 11 is 3.42. The number of H-pyrrole nitrogens is 1. The number of carbonyl (C=O) groups excluding carboxylic acids is 1. The Kier molecular flexibility index (Phi) is 4.29. The Hall–Kier alpha value is -2.41. The molecule has 0 aliphatic carbocycles. The lowest BCUT2D eigenvalue weighted by Gasteiger charge is -2.06. The molecule has 0 saturated carbocycles. The number of nitrogens with one attached hydrogen (secondary N) is 2. The van der Waals surface area contributed by atoms with Crippen LogP contribution in [-0.4, -0.2) is 25.9 Å². The van der Waals surface area contributed by atoms with Crippen LogP contribution in [0, 0.1) is 13.8 Å². The summed E-state index contributed by atoms with van der Waals surface area (Å²) in [5.41, 5.74) is 3.89. The van der Waals surface area contributed by atoms with Crippen molar-refractivity contribution in [2.45, 2.75) is 20.4 Å². The Balaban J connectivity index is 1.85. The number of amides is 1. The van der Waals surface area contributed by atoms with E-state index in [2.05, 4.69) is 36.5 Å². The molecule has 0 unspecified atom stereocenters. The van der Waals surface area contributed by atoms with E-state index in [9.17, 15) is 4.79 Å². The van der Waals surface area contributed by atoms with Crippen LogP contribution in [-0.2, 0) is 6.54 Å². The van der Waals surface area contributed by atoms with E-state index < -0.39 is 0 Å². The zero-order valence-electron chi connectivity index (χ0n) is 12.8. The zero-order chi connectivity index (χ0) is 16.4. The second-order valence-corrected chi connectivity index (χ2v) is 6.11. The molecule has 2 aromatic heterocycles. The fourth-order valence-electron chi connectivity index (χ4n) is 2.45. The van der Waals surface area contributed by atoms with E-state index in [1.165, 1.54) is 0 Å². The first kappa shape index (κ1) is 15.5. The summed E-state index contributed by atoms with van der Waals surface area (Å²) < 4.78 is 2.78. The van der Waals surface area contributed by atoms with Crippen LogP contribution in [0.5, 0.6) is 0 Å². The molecule has 0 saturated heterocycles. The Labute approximate surface area is 142 Å². The molecule has 1 aromatic carbocycles. The van der Waals surface area contributed by atoms with Crippen LogP contribution in [0.4, 0.5) is 0 Å². The lowest BCUT2D eigenvalue weighted by molar-refractivity contribution is 0.0949. The van der Waals surface area contributed by atoms with Crippen LogP contribution in [0.1, 0.15) is 27.4 Å². The van der Waals surface area contributed by atoms with E-state index in [1.807, 2.05) is 44.2 Å². The van der Waals surface area contributed by atoms with Gasteiger partial charge in [-0.15, -0.1) is 0 Å². The van der Waals surface area contributed by atoms with E-state index in [1.54, 1.807) is 10.9 Å². The van der Waals surface area contributed by atoms with Crippen LogP contribution in [0.3, 0.4) is 0 Å². The number of hydrogen-bond acceptors (Lipinski definition) is 3. The number of rotatable bonds is 4. The Morgan fingerprint density at radius 2 is 2.00 bits per heavy atom. The van der Waals surface area contributed by atoms with Gasteiger partial charge >= 0.3 is 0 Å². The van der Waals surface area contributed by atoms with Gasteiger partial charge in [0.05, 0.1) is 34.9 Å². The Morgan fingerprint density at radius 3 is 2.65 bits per heavy atom. The van der Waals surface area contributed by atoms with Crippen molar-refractivity contribution in [3.05, 3.63) is 63.6 Å². The largest absolute Gasteiger partial charge is 0.346 e. The maximum Gasteiger partial charge on any atom is 0.255 e. The molecule has 7 heteroatoms. The maximum atomic E-state index is 12.5. The third-order valence-electron chi connectivity index (χ3n) is 3.59. The molecule has 6 nitrogen and oxygen atoms in total. The van der Waals surface area contributed by atoms with Crippen molar-refractivity contribution in [3.8, 4) is 5.69 Å². The minimum Gasteiger partial charge on any atom is -0.346 e. The molecule has 118 valence electrons. The summed E-state index contributed by atoms with van der Waals surface area (Å²) in [5.74, 6) is -0.141. The van der Waals surface area contributed by atoms with Crippen molar-refractivity contribution in [3.63, 3.8) is 0 Å². The SMILES string of the molecule is Cc1nn(-c2ccc(Br)cc2)c(C)c1C(=O)NCc1ccn[nH]1. The van der Waals surface area contributed by atoms with Crippen molar-refractivity contribution in [1.29, 1.82) is 0 Å². The summed E-state index contributed by atoms with van der Waals surface area (Å²) in [5, 5.41) is 14.1. The number of aromatic nitrogens is 4. The van der Waals surface area contributed by atoms with Crippen LogP contribution in [0.25, 0.3) is 5.69 Å². The maximum absolute atomic E-state index is 12.5. The van der Waals surface area contributed by atoms with Crippen molar-refractivity contribution in [1.82, 2.24) is 25.3 Å². The highest BCUT2D eigenvalue weighted by Crippen LogP contribution is 2.19. The Morgan fingerprint density at radius 1 is 1.26 bits per heavy atom. The normalized spacial score (nSPS) is 10.7. The fourth-order valence-corrected chi connectivity index (χ4v) is 2.72. The molecule has 0 radical (unpaired) electrons. The summed E-state index contributed by atoms with van der Waals surface area (Å²) in [6.45, 7) is 4.14. The van der Waals surface area contributed by atoms with Gasteiger partial charge in [-0.1, -0.05) is 15.9 Å². The summed E-state index contributed by atoms with van der Waals surface area (Å²) in [4.78, 5) is 12.5. The molecule has 0 aliphatic rings. The van der Waals surface area contributed by atoms with Crippen LogP contribution >= 0.6 is 15.9 Å².